The molecular formula is C15H20N2O2. The maximum Gasteiger partial charge on any atom is 0.223 e. The molecule has 4 heteroatoms. The summed E-state index contributed by atoms with van der Waals surface area (Å²) in [6.45, 7) is 1.81. The number of benzene rings is 1. The van der Waals surface area contributed by atoms with Crippen molar-refractivity contribution >= 4 is 5.91 Å². The number of piperidine rings is 1. The molecule has 0 radical (unpaired) electrons. The summed E-state index contributed by atoms with van der Waals surface area (Å²) in [4.78, 5) is 12.3. The van der Waals surface area contributed by atoms with Gasteiger partial charge in [0.05, 0.1) is 12.1 Å². The van der Waals surface area contributed by atoms with Crippen LogP contribution in [0.2, 0.25) is 0 Å². The van der Waals surface area contributed by atoms with E-state index in [2.05, 4.69) is 10.6 Å². The Morgan fingerprint density at radius 3 is 2.79 bits per heavy atom. The molecule has 0 bridgehead atoms. The third-order valence-electron chi connectivity index (χ3n) is 4.21. The van der Waals surface area contributed by atoms with Crippen molar-refractivity contribution in [3.05, 3.63) is 35.4 Å². The van der Waals surface area contributed by atoms with Crippen LogP contribution in [0.25, 0.3) is 0 Å². The molecule has 1 fully saturated rings. The molecule has 1 aliphatic heterocycles. The number of aliphatic hydroxyl groups is 1. The SMILES string of the molecule is O=C(N[C@H]1c2ccccc2C[C@H]1O)C1CCNCC1. The van der Waals surface area contributed by atoms with Gasteiger partial charge in [0.2, 0.25) is 5.91 Å². The van der Waals surface area contributed by atoms with Gasteiger partial charge in [0.15, 0.2) is 0 Å². The molecule has 4 nitrogen and oxygen atoms in total. The minimum atomic E-state index is -0.497. The number of hydrogen-bond donors (Lipinski definition) is 3. The normalized spacial score (nSPS) is 27.0. The quantitative estimate of drug-likeness (QED) is 0.736. The number of carbonyl (C=O) groups is 1. The number of amides is 1. The Balaban J connectivity index is 1.71. The predicted molar refractivity (Wildman–Crippen MR) is 72.6 cm³/mol. The molecule has 0 aromatic heterocycles. The molecule has 3 N–H and O–H groups in total. The first-order valence-electron chi connectivity index (χ1n) is 7.02. The Morgan fingerprint density at radius 2 is 2.00 bits per heavy atom. The number of hydrogen-bond acceptors (Lipinski definition) is 3. The fourth-order valence-electron chi connectivity index (χ4n) is 3.10. The summed E-state index contributed by atoms with van der Waals surface area (Å²) in [5.41, 5.74) is 2.21. The average molecular weight is 260 g/mol. The van der Waals surface area contributed by atoms with Gasteiger partial charge >= 0.3 is 0 Å². The van der Waals surface area contributed by atoms with Crippen LogP contribution < -0.4 is 10.6 Å². The lowest BCUT2D eigenvalue weighted by atomic mass is 9.96. The number of nitrogens with one attached hydrogen (secondary N) is 2. The van der Waals surface area contributed by atoms with E-state index < -0.39 is 6.10 Å². The second-order valence-corrected chi connectivity index (χ2v) is 5.48. The predicted octanol–water partition coefficient (Wildman–Crippen LogP) is 0.760. The maximum absolute atomic E-state index is 12.3. The van der Waals surface area contributed by atoms with Gasteiger partial charge in [-0.05, 0) is 37.1 Å². The van der Waals surface area contributed by atoms with Gasteiger partial charge in [0.25, 0.3) is 0 Å². The lowest BCUT2D eigenvalue weighted by Crippen LogP contribution is -2.41. The topological polar surface area (TPSA) is 61.4 Å². The van der Waals surface area contributed by atoms with Gasteiger partial charge in [-0.15, -0.1) is 0 Å². The van der Waals surface area contributed by atoms with Crippen molar-refractivity contribution < 1.29 is 9.90 Å². The molecule has 19 heavy (non-hydrogen) atoms. The number of rotatable bonds is 2. The summed E-state index contributed by atoms with van der Waals surface area (Å²) in [6, 6.07) is 7.72. The molecule has 0 spiro atoms. The number of aliphatic hydroxyl groups excluding tert-OH is 1. The second-order valence-electron chi connectivity index (χ2n) is 5.48. The van der Waals surface area contributed by atoms with Crippen LogP contribution in [0.1, 0.15) is 30.0 Å². The highest BCUT2D eigenvalue weighted by molar-refractivity contribution is 5.79. The maximum atomic E-state index is 12.3. The van der Waals surface area contributed by atoms with Crippen LogP contribution >= 0.6 is 0 Å². The van der Waals surface area contributed by atoms with E-state index in [1.165, 1.54) is 0 Å². The van der Waals surface area contributed by atoms with E-state index in [0.717, 1.165) is 37.1 Å². The van der Waals surface area contributed by atoms with Crippen molar-refractivity contribution in [2.45, 2.75) is 31.4 Å². The summed E-state index contributed by atoms with van der Waals surface area (Å²) in [5.74, 6) is 0.170. The average Bonchev–Trinajstić information content (AvgIpc) is 2.76. The smallest absolute Gasteiger partial charge is 0.223 e. The summed E-state index contributed by atoms with van der Waals surface area (Å²) in [6.07, 6.45) is 1.91. The largest absolute Gasteiger partial charge is 0.390 e. The lowest BCUT2D eigenvalue weighted by Gasteiger charge is -2.25. The Kier molecular flexibility index (Phi) is 3.53. The van der Waals surface area contributed by atoms with Crippen molar-refractivity contribution in [1.29, 1.82) is 0 Å². The Morgan fingerprint density at radius 1 is 1.26 bits per heavy atom. The molecular weight excluding hydrogens is 240 g/mol. The van der Waals surface area contributed by atoms with Crippen molar-refractivity contribution in [3.8, 4) is 0 Å². The lowest BCUT2D eigenvalue weighted by molar-refractivity contribution is -0.127. The molecule has 1 heterocycles. The van der Waals surface area contributed by atoms with Gasteiger partial charge < -0.3 is 15.7 Å². The molecule has 3 rings (SSSR count). The fourth-order valence-corrected chi connectivity index (χ4v) is 3.10. The van der Waals surface area contributed by atoms with Gasteiger partial charge in [-0.3, -0.25) is 4.79 Å². The van der Waals surface area contributed by atoms with Crippen LogP contribution in [0.15, 0.2) is 24.3 Å². The summed E-state index contributed by atoms with van der Waals surface area (Å²) in [7, 11) is 0. The molecule has 0 unspecified atom stereocenters. The molecule has 1 aliphatic carbocycles. The zero-order chi connectivity index (χ0) is 13.2. The first kappa shape index (κ1) is 12.6. The number of carbonyl (C=O) groups excluding carboxylic acids is 1. The van der Waals surface area contributed by atoms with Crippen molar-refractivity contribution in [2.24, 2.45) is 5.92 Å². The first-order chi connectivity index (χ1) is 9.25. The zero-order valence-electron chi connectivity index (χ0n) is 10.9. The van der Waals surface area contributed by atoms with E-state index in [1.807, 2.05) is 24.3 Å². The molecule has 2 aliphatic rings. The molecule has 1 aromatic carbocycles. The highest BCUT2D eigenvalue weighted by Crippen LogP contribution is 2.31. The monoisotopic (exact) mass is 260 g/mol. The molecule has 2 atom stereocenters. The van der Waals surface area contributed by atoms with Crippen molar-refractivity contribution in [1.82, 2.24) is 10.6 Å². The minimum Gasteiger partial charge on any atom is -0.390 e. The van der Waals surface area contributed by atoms with Gasteiger partial charge in [-0.2, -0.15) is 0 Å². The van der Waals surface area contributed by atoms with E-state index >= 15 is 0 Å². The summed E-state index contributed by atoms with van der Waals surface area (Å²) < 4.78 is 0. The fraction of sp³-hybridized carbons (Fsp3) is 0.533. The molecule has 1 aromatic rings. The van der Waals surface area contributed by atoms with Crippen molar-refractivity contribution in [2.75, 3.05) is 13.1 Å². The van der Waals surface area contributed by atoms with E-state index in [1.54, 1.807) is 0 Å². The van der Waals surface area contributed by atoms with Crippen LogP contribution in [-0.4, -0.2) is 30.2 Å². The van der Waals surface area contributed by atoms with Gasteiger partial charge in [0.1, 0.15) is 0 Å². The molecule has 102 valence electrons. The molecule has 1 saturated heterocycles. The van der Waals surface area contributed by atoms with Crippen LogP contribution in [-0.2, 0) is 11.2 Å². The first-order valence-corrected chi connectivity index (χ1v) is 7.02. The molecule has 1 amide bonds. The van der Waals surface area contributed by atoms with Crippen LogP contribution in [0.3, 0.4) is 0 Å². The van der Waals surface area contributed by atoms with E-state index in [9.17, 15) is 9.90 Å². The van der Waals surface area contributed by atoms with E-state index in [4.69, 9.17) is 0 Å². The summed E-state index contributed by atoms with van der Waals surface area (Å²) in [5, 5.41) is 16.4. The van der Waals surface area contributed by atoms with Crippen molar-refractivity contribution in [3.63, 3.8) is 0 Å². The van der Waals surface area contributed by atoms with Gasteiger partial charge in [0, 0.05) is 12.3 Å². The Bertz CT molecular complexity index is 469. The Hall–Kier alpha value is -1.39. The highest BCUT2D eigenvalue weighted by atomic mass is 16.3. The minimum absolute atomic E-state index is 0.0845. The molecule has 0 saturated carbocycles. The van der Waals surface area contributed by atoms with Crippen LogP contribution in [0.5, 0.6) is 0 Å². The zero-order valence-corrected chi connectivity index (χ0v) is 10.9. The number of fused-ring (bicyclic) bond motifs is 1. The Labute approximate surface area is 113 Å². The third kappa shape index (κ3) is 2.51. The standard InChI is InChI=1S/C15H20N2O2/c18-13-9-11-3-1-2-4-12(11)14(13)17-15(19)10-5-7-16-8-6-10/h1-4,10,13-14,16,18H,5-9H2,(H,17,19)/t13-,14+/m1/s1. The van der Waals surface area contributed by atoms with Crippen LogP contribution in [0.4, 0.5) is 0 Å². The van der Waals surface area contributed by atoms with E-state index in [0.29, 0.717) is 6.42 Å². The second kappa shape index (κ2) is 5.31. The van der Waals surface area contributed by atoms with E-state index in [-0.39, 0.29) is 17.9 Å². The van der Waals surface area contributed by atoms with Crippen LogP contribution in [0, 0.1) is 5.92 Å². The van der Waals surface area contributed by atoms with Gasteiger partial charge in [-0.1, -0.05) is 24.3 Å². The third-order valence-corrected chi connectivity index (χ3v) is 4.21. The summed E-state index contributed by atoms with van der Waals surface area (Å²) >= 11 is 0. The highest BCUT2D eigenvalue weighted by Gasteiger charge is 2.33. The van der Waals surface area contributed by atoms with Gasteiger partial charge in [-0.25, -0.2) is 0 Å².